The molecule has 0 aliphatic carbocycles. The Morgan fingerprint density at radius 2 is 1.84 bits per heavy atom. The first-order chi connectivity index (χ1) is 17.8. The van der Waals surface area contributed by atoms with Crippen LogP contribution in [0.25, 0.3) is 55.7 Å². The number of H-pyrrole nitrogens is 2. The summed E-state index contributed by atoms with van der Waals surface area (Å²) < 4.78 is 39.9. The summed E-state index contributed by atoms with van der Waals surface area (Å²) in [5, 5.41) is 9.23. The highest BCUT2D eigenvalue weighted by atomic mass is 32.2. The van der Waals surface area contributed by atoms with Crippen molar-refractivity contribution in [1.29, 1.82) is 0 Å². The van der Waals surface area contributed by atoms with E-state index in [0.717, 1.165) is 45.1 Å². The number of pyridine rings is 3. The fourth-order valence-electron chi connectivity index (χ4n) is 4.31. The Morgan fingerprint density at radius 1 is 0.946 bits per heavy atom. The van der Waals surface area contributed by atoms with Gasteiger partial charge in [-0.3, -0.25) is 20.1 Å². The van der Waals surface area contributed by atoms with Crippen LogP contribution in [0.4, 0.5) is 4.39 Å². The van der Waals surface area contributed by atoms with E-state index < -0.39 is 15.8 Å². The van der Waals surface area contributed by atoms with Crippen molar-refractivity contribution in [2.75, 3.05) is 6.26 Å². The van der Waals surface area contributed by atoms with Gasteiger partial charge in [0.15, 0.2) is 0 Å². The number of fused-ring (bicyclic) bond motifs is 2. The van der Waals surface area contributed by atoms with Crippen molar-refractivity contribution in [2.45, 2.75) is 6.54 Å². The number of benzene rings is 1. The van der Waals surface area contributed by atoms with Gasteiger partial charge in [-0.25, -0.2) is 17.5 Å². The van der Waals surface area contributed by atoms with Crippen LogP contribution in [-0.4, -0.2) is 44.8 Å². The van der Waals surface area contributed by atoms with Crippen molar-refractivity contribution in [3.8, 4) is 33.9 Å². The molecule has 9 nitrogen and oxygen atoms in total. The van der Waals surface area contributed by atoms with Crippen LogP contribution in [0.15, 0.2) is 73.3 Å². The van der Waals surface area contributed by atoms with Gasteiger partial charge in [-0.1, -0.05) is 6.07 Å². The average molecular weight is 514 g/mol. The summed E-state index contributed by atoms with van der Waals surface area (Å²) in [6.45, 7) is -0.0166. The second-order valence-electron chi connectivity index (χ2n) is 8.68. The molecule has 37 heavy (non-hydrogen) atoms. The van der Waals surface area contributed by atoms with Gasteiger partial charge in [0, 0.05) is 35.3 Å². The lowest BCUT2D eigenvalue weighted by atomic mass is 10.0. The zero-order chi connectivity index (χ0) is 25.6. The van der Waals surface area contributed by atoms with E-state index in [1.807, 2.05) is 30.3 Å². The van der Waals surface area contributed by atoms with E-state index >= 15 is 0 Å². The van der Waals surface area contributed by atoms with Gasteiger partial charge in [-0.2, -0.15) is 5.10 Å². The minimum Gasteiger partial charge on any atom is -0.352 e. The number of hydrogen-bond donors (Lipinski definition) is 3. The van der Waals surface area contributed by atoms with Gasteiger partial charge in [-0.15, -0.1) is 0 Å². The topological polar surface area (TPSA) is 129 Å². The number of hydrogen-bond acceptors (Lipinski definition) is 6. The smallest absolute Gasteiger partial charge is 0.209 e. The molecule has 0 bridgehead atoms. The molecule has 0 fully saturated rings. The predicted molar refractivity (Wildman–Crippen MR) is 139 cm³/mol. The third-order valence-corrected chi connectivity index (χ3v) is 6.65. The predicted octanol–water partition coefficient (Wildman–Crippen LogP) is 4.42. The highest BCUT2D eigenvalue weighted by Gasteiger charge is 2.16. The largest absolute Gasteiger partial charge is 0.352 e. The summed E-state index contributed by atoms with van der Waals surface area (Å²) in [4.78, 5) is 16.6. The maximum atomic E-state index is 14.5. The Bertz CT molecular complexity index is 1880. The van der Waals surface area contributed by atoms with Gasteiger partial charge in [-0.05, 0) is 53.6 Å². The summed E-state index contributed by atoms with van der Waals surface area (Å²) >= 11 is 0. The molecule has 0 aliphatic rings. The molecule has 184 valence electrons. The molecular weight excluding hydrogens is 493 g/mol. The molecule has 5 heterocycles. The quantitative estimate of drug-likeness (QED) is 0.302. The summed E-state index contributed by atoms with van der Waals surface area (Å²) in [5.41, 5.74) is 6.26. The number of aromatic amines is 2. The molecule has 0 amide bonds. The Hall–Kier alpha value is -4.48. The van der Waals surface area contributed by atoms with Crippen LogP contribution in [0.2, 0.25) is 0 Å². The molecule has 0 saturated carbocycles. The maximum Gasteiger partial charge on any atom is 0.209 e. The van der Waals surface area contributed by atoms with Crippen molar-refractivity contribution in [3.05, 3.63) is 84.7 Å². The molecule has 1 aromatic carbocycles. The number of rotatable bonds is 6. The van der Waals surface area contributed by atoms with E-state index in [9.17, 15) is 12.8 Å². The highest BCUT2D eigenvalue weighted by molar-refractivity contribution is 7.88. The third kappa shape index (κ3) is 4.57. The molecule has 0 atom stereocenters. The van der Waals surface area contributed by atoms with E-state index in [1.165, 1.54) is 12.1 Å². The zero-order valence-corrected chi connectivity index (χ0v) is 20.3. The van der Waals surface area contributed by atoms with E-state index in [0.29, 0.717) is 22.4 Å². The third-order valence-electron chi connectivity index (χ3n) is 5.98. The lowest BCUT2D eigenvalue weighted by Gasteiger charge is -2.08. The fourth-order valence-corrected chi connectivity index (χ4v) is 4.74. The van der Waals surface area contributed by atoms with Crippen LogP contribution in [0.5, 0.6) is 0 Å². The van der Waals surface area contributed by atoms with Crippen LogP contribution in [-0.2, 0) is 16.6 Å². The number of halogens is 1. The SMILES string of the molecule is CS(=O)(=O)NCc1cc(F)cc(-c2cncc3[nH]c(-c4n[nH]c5cnc(-c6ccccn6)cc45)cc23)c1. The monoisotopic (exact) mass is 513 g/mol. The average Bonchev–Trinajstić information content (AvgIpc) is 3.51. The van der Waals surface area contributed by atoms with E-state index in [4.69, 9.17) is 0 Å². The first-order valence-corrected chi connectivity index (χ1v) is 13.2. The molecule has 5 aromatic heterocycles. The van der Waals surface area contributed by atoms with Crippen molar-refractivity contribution in [3.63, 3.8) is 0 Å². The number of sulfonamides is 1. The fraction of sp³-hybridized carbons (Fsp3) is 0.0769. The number of nitrogens with one attached hydrogen (secondary N) is 3. The first-order valence-electron chi connectivity index (χ1n) is 11.3. The Kier molecular flexibility index (Phi) is 5.50. The molecule has 6 aromatic rings. The van der Waals surface area contributed by atoms with Crippen LogP contribution in [0.1, 0.15) is 5.56 Å². The lowest BCUT2D eigenvalue weighted by Crippen LogP contribution is -2.21. The van der Waals surface area contributed by atoms with Gasteiger partial charge in [0.05, 0.1) is 46.8 Å². The molecule has 6 rings (SSSR count). The molecule has 0 spiro atoms. The highest BCUT2D eigenvalue weighted by Crippen LogP contribution is 2.34. The minimum absolute atomic E-state index is 0.0166. The normalized spacial score (nSPS) is 11.9. The van der Waals surface area contributed by atoms with Gasteiger partial charge >= 0.3 is 0 Å². The summed E-state index contributed by atoms with van der Waals surface area (Å²) in [6, 6.07) is 14.0. The van der Waals surface area contributed by atoms with Gasteiger partial charge in [0.2, 0.25) is 10.0 Å². The van der Waals surface area contributed by atoms with Gasteiger partial charge < -0.3 is 4.98 Å². The second-order valence-corrected chi connectivity index (χ2v) is 10.5. The van der Waals surface area contributed by atoms with E-state index in [1.54, 1.807) is 30.9 Å². The van der Waals surface area contributed by atoms with Gasteiger partial charge in [0.25, 0.3) is 0 Å². The molecular formula is C26H20FN7O2S. The maximum absolute atomic E-state index is 14.5. The summed E-state index contributed by atoms with van der Waals surface area (Å²) in [6.07, 6.45) is 7.87. The second kappa shape index (κ2) is 8.87. The zero-order valence-electron chi connectivity index (χ0n) is 19.5. The standard InChI is InChI=1S/C26H20FN7O2S/c1-37(35,36)31-11-15-6-16(8-17(27)7-15)20-12-28-13-24-18(20)9-23(32-24)26-19-10-22(21-4-2-3-5-29-21)30-14-25(19)33-34-26/h2-10,12-14,31-32H,11H2,1H3,(H,33,34). The van der Waals surface area contributed by atoms with Gasteiger partial charge in [0.1, 0.15) is 11.5 Å². The van der Waals surface area contributed by atoms with Crippen LogP contribution in [0.3, 0.4) is 0 Å². The van der Waals surface area contributed by atoms with Crippen molar-refractivity contribution < 1.29 is 12.8 Å². The van der Waals surface area contributed by atoms with E-state index in [-0.39, 0.29) is 6.54 Å². The van der Waals surface area contributed by atoms with Crippen molar-refractivity contribution in [1.82, 2.24) is 34.9 Å². The molecule has 3 N–H and O–H groups in total. The van der Waals surface area contributed by atoms with E-state index in [2.05, 4.69) is 34.9 Å². The molecule has 0 saturated heterocycles. The molecule has 11 heteroatoms. The number of nitrogens with zero attached hydrogens (tertiary/aromatic N) is 4. The van der Waals surface area contributed by atoms with Crippen molar-refractivity contribution >= 4 is 31.8 Å². The molecule has 0 unspecified atom stereocenters. The Balaban J connectivity index is 1.44. The van der Waals surface area contributed by atoms with Crippen molar-refractivity contribution in [2.24, 2.45) is 0 Å². The Morgan fingerprint density at radius 3 is 2.65 bits per heavy atom. The number of aromatic nitrogens is 6. The van der Waals surface area contributed by atoms with Crippen LogP contribution in [0, 0.1) is 5.82 Å². The van der Waals surface area contributed by atoms with Crippen LogP contribution < -0.4 is 4.72 Å². The first kappa shape index (κ1) is 23.0. The lowest BCUT2D eigenvalue weighted by molar-refractivity contribution is 0.586. The Labute approximate surface area is 210 Å². The molecule has 0 aliphatic heterocycles. The summed E-state index contributed by atoms with van der Waals surface area (Å²) in [7, 11) is -3.42. The summed E-state index contributed by atoms with van der Waals surface area (Å²) in [5.74, 6) is -0.469. The molecule has 0 radical (unpaired) electrons. The minimum atomic E-state index is -3.42. The van der Waals surface area contributed by atoms with Crippen LogP contribution >= 0.6 is 0 Å².